The molecule has 3 rings (SSSR count). The Morgan fingerprint density at radius 2 is 1.96 bits per heavy atom. The summed E-state index contributed by atoms with van der Waals surface area (Å²) in [4.78, 5) is 41.7. The molecule has 3 heterocycles. The van der Waals surface area contributed by atoms with E-state index in [0.29, 0.717) is 25.3 Å². The molecule has 0 bridgehead atoms. The van der Waals surface area contributed by atoms with Gasteiger partial charge in [-0.25, -0.2) is 9.59 Å². The quantitative estimate of drug-likeness (QED) is 0.800. The van der Waals surface area contributed by atoms with Gasteiger partial charge in [-0.15, -0.1) is 0 Å². The van der Waals surface area contributed by atoms with Crippen LogP contribution in [0.2, 0.25) is 0 Å². The third kappa shape index (κ3) is 3.95. The molecule has 0 radical (unpaired) electrons. The number of carbonyl (C=O) groups is 2. The van der Waals surface area contributed by atoms with Gasteiger partial charge in [-0.2, -0.15) is 0 Å². The molecule has 0 aliphatic carbocycles. The third-order valence-corrected chi connectivity index (χ3v) is 4.59. The number of aromatic amines is 1. The minimum absolute atomic E-state index is 0.0558. The summed E-state index contributed by atoms with van der Waals surface area (Å²) in [6.45, 7) is 3.21. The van der Waals surface area contributed by atoms with Gasteiger partial charge in [0.05, 0.1) is 5.92 Å². The maximum atomic E-state index is 12.4. The Balaban J connectivity index is 1.45. The molecule has 0 aromatic carbocycles. The Kier molecular flexibility index (Phi) is 5.17. The molecule has 2 fully saturated rings. The van der Waals surface area contributed by atoms with E-state index in [9.17, 15) is 14.4 Å². The van der Waals surface area contributed by atoms with Crippen molar-refractivity contribution in [3.63, 3.8) is 0 Å². The van der Waals surface area contributed by atoms with Crippen LogP contribution >= 0.6 is 0 Å². The van der Waals surface area contributed by atoms with Crippen molar-refractivity contribution in [2.75, 3.05) is 32.7 Å². The van der Waals surface area contributed by atoms with Crippen LogP contribution < -0.4 is 11.1 Å². The molecule has 0 saturated carbocycles. The Bertz CT molecular complexity index is 634. The average Bonchev–Trinajstić information content (AvgIpc) is 3.26. The highest BCUT2D eigenvalue weighted by Gasteiger charge is 2.31. The third-order valence-electron chi connectivity index (χ3n) is 4.59. The van der Waals surface area contributed by atoms with Crippen LogP contribution in [0, 0.1) is 5.92 Å². The van der Waals surface area contributed by atoms with Gasteiger partial charge in [0.2, 0.25) is 5.91 Å². The van der Waals surface area contributed by atoms with Gasteiger partial charge in [0.1, 0.15) is 0 Å². The van der Waals surface area contributed by atoms with E-state index in [2.05, 4.69) is 20.0 Å². The molecule has 0 unspecified atom stereocenters. The van der Waals surface area contributed by atoms with Crippen LogP contribution in [0.25, 0.3) is 0 Å². The first-order valence-corrected chi connectivity index (χ1v) is 8.50. The summed E-state index contributed by atoms with van der Waals surface area (Å²) in [7, 11) is 0. The zero-order valence-corrected chi connectivity index (χ0v) is 13.6. The number of aromatic nitrogens is 2. The van der Waals surface area contributed by atoms with E-state index < -0.39 is 5.76 Å². The summed E-state index contributed by atoms with van der Waals surface area (Å²) in [5, 5.41) is 6.40. The number of likely N-dealkylation sites (tertiary alicyclic amines) is 2. The Labute approximate surface area is 139 Å². The fourth-order valence-electron chi connectivity index (χ4n) is 3.29. The number of urea groups is 1. The molecule has 2 N–H and O–H groups in total. The number of hydrogen-bond donors (Lipinski definition) is 2. The average molecular weight is 337 g/mol. The van der Waals surface area contributed by atoms with Crippen molar-refractivity contribution in [3.8, 4) is 0 Å². The second kappa shape index (κ2) is 7.50. The van der Waals surface area contributed by atoms with Crippen molar-refractivity contribution in [2.24, 2.45) is 5.92 Å². The minimum Gasteiger partial charge on any atom is -0.355 e. The lowest BCUT2D eigenvalue weighted by Crippen LogP contribution is -2.49. The highest BCUT2D eigenvalue weighted by Crippen LogP contribution is 2.19. The van der Waals surface area contributed by atoms with Gasteiger partial charge < -0.3 is 15.1 Å². The van der Waals surface area contributed by atoms with Crippen molar-refractivity contribution in [2.45, 2.75) is 32.1 Å². The molecule has 2 aliphatic rings. The first kappa shape index (κ1) is 16.5. The first-order chi connectivity index (χ1) is 11.6. The van der Waals surface area contributed by atoms with Crippen molar-refractivity contribution in [1.82, 2.24) is 25.3 Å². The van der Waals surface area contributed by atoms with E-state index in [1.54, 1.807) is 4.90 Å². The first-order valence-electron chi connectivity index (χ1n) is 8.50. The van der Waals surface area contributed by atoms with Gasteiger partial charge in [-0.3, -0.25) is 14.3 Å². The molecule has 24 heavy (non-hydrogen) atoms. The van der Waals surface area contributed by atoms with Gasteiger partial charge in [0, 0.05) is 39.1 Å². The minimum atomic E-state index is -0.598. The zero-order valence-electron chi connectivity index (χ0n) is 13.6. The molecule has 2 saturated heterocycles. The summed E-state index contributed by atoms with van der Waals surface area (Å²) in [6.07, 6.45) is 4.16. The molecule has 3 amide bonds. The molecular formula is C15H23N5O4. The predicted octanol–water partition coefficient (Wildman–Crippen LogP) is -0.0506. The molecule has 9 nitrogen and oxygen atoms in total. The fourth-order valence-corrected chi connectivity index (χ4v) is 3.29. The van der Waals surface area contributed by atoms with E-state index in [1.807, 2.05) is 4.90 Å². The molecule has 132 valence electrons. The molecule has 2 aliphatic heterocycles. The normalized spacial score (nSPS) is 21.1. The SMILES string of the molecule is O=C(NCCc1noc(=O)[nH]1)[C@H]1CCCN(C(=O)N2CCCC2)C1. The Morgan fingerprint density at radius 3 is 2.67 bits per heavy atom. The summed E-state index contributed by atoms with van der Waals surface area (Å²) in [6, 6.07) is 0.0603. The number of rotatable bonds is 4. The number of H-pyrrole nitrogens is 1. The van der Waals surface area contributed by atoms with E-state index in [1.165, 1.54) is 0 Å². The molecule has 0 spiro atoms. The van der Waals surface area contributed by atoms with E-state index >= 15 is 0 Å². The van der Waals surface area contributed by atoms with Crippen LogP contribution in [0.15, 0.2) is 9.32 Å². The van der Waals surface area contributed by atoms with Crippen LogP contribution in [-0.2, 0) is 11.2 Å². The summed E-state index contributed by atoms with van der Waals surface area (Å²) in [5.41, 5.74) is 0. The zero-order chi connectivity index (χ0) is 16.9. The van der Waals surface area contributed by atoms with Gasteiger partial charge in [-0.1, -0.05) is 5.16 Å². The summed E-state index contributed by atoms with van der Waals surface area (Å²) < 4.78 is 4.40. The second-order valence-corrected chi connectivity index (χ2v) is 6.34. The van der Waals surface area contributed by atoms with Crippen LogP contribution in [-0.4, -0.2) is 64.6 Å². The summed E-state index contributed by atoms with van der Waals surface area (Å²) in [5.74, 6) is -0.420. The lowest BCUT2D eigenvalue weighted by molar-refractivity contribution is -0.126. The topological polar surface area (TPSA) is 112 Å². The van der Waals surface area contributed by atoms with E-state index in [4.69, 9.17) is 0 Å². The number of amides is 3. The largest absolute Gasteiger partial charge is 0.438 e. The van der Waals surface area contributed by atoms with Crippen molar-refractivity contribution < 1.29 is 14.1 Å². The standard InChI is InChI=1S/C15H23N5O4/c21-13(16-6-5-12-17-14(22)24-18-12)11-4-3-9-20(10-11)15(23)19-7-1-2-8-19/h11H,1-10H2,(H,16,21)(H,17,18,22)/t11-/m0/s1. The van der Waals surface area contributed by atoms with Gasteiger partial charge in [0.15, 0.2) is 5.82 Å². The molecule has 1 aromatic heterocycles. The number of nitrogens with zero attached hydrogens (tertiary/aromatic N) is 3. The van der Waals surface area contributed by atoms with Crippen molar-refractivity contribution >= 4 is 11.9 Å². The molecule has 9 heteroatoms. The van der Waals surface area contributed by atoms with Crippen LogP contribution in [0.1, 0.15) is 31.5 Å². The summed E-state index contributed by atoms with van der Waals surface area (Å²) >= 11 is 0. The predicted molar refractivity (Wildman–Crippen MR) is 84.3 cm³/mol. The van der Waals surface area contributed by atoms with Crippen LogP contribution in [0.4, 0.5) is 4.79 Å². The monoisotopic (exact) mass is 337 g/mol. The molecule has 1 atom stereocenters. The van der Waals surface area contributed by atoms with Crippen molar-refractivity contribution in [3.05, 3.63) is 16.4 Å². The maximum absolute atomic E-state index is 12.4. The van der Waals surface area contributed by atoms with Gasteiger partial charge in [0.25, 0.3) is 0 Å². The van der Waals surface area contributed by atoms with E-state index in [0.717, 1.165) is 45.3 Å². The second-order valence-electron chi connectivity index (χ2n) is 6.34. The Morgan fingerprint density at radius 1 is 1.21 bits per heavy atom. The highest BCUT2D eigenvalue weighted by atomic mass is 16.5. The van der Waals surface area contributed by atoms with Crippen LogP contribution in [0.3, 0.4) is 0 Å². The number of piperidine rings is 1. The van der Waals surface area contributed by atoms with Crippen LogP contribution in [0.5, 0.6) is 0 Å². The number of hydrogen-bond acceptors (Lipinski definition) is 5. The molecule has 1 aromatic rings. The lowest BCUT2D eigenvalue weighted by Gasteiger charge is -2.34. The van der Waals surface area contributed by atoms with Gasteiger partial charge in [-0.05, 0) is 25.7 Å². The smallest absolute Gasteiger partial charge is 0.355 e. The maximum Gasteiger partial charge on any atom is 0.438 e. The Hall–Kier alpha value is -2.32. The highest BCUT2D eigenvalue weighted by molar-refractivity contribution is 5.81. The molecular weight excluding hydrogens is 314 g/mol. The van der Waals surface area contributed by atoms with E-state index in [-0.39, 0.29) is 17.9 Å². The lowest BCUT2D eigenvalue weighted by atomic mass is 9.97. The van der Waals surface area contributed by atoms with Crippen molar-refractivity contribution in [1.29, 1.82) is 0 Å². The number of nitrogens with one attached hydrogen (secondary N) is 2. The van der Waals surface area contributed by atoms with Gasteiger partial charge >= 0.3 is 11.8 Å². The number of carbonyl (C=O) groups excluding carboxylic acids is 2. The fraction of sp³-hybridized carbons (Fsp3) is 0.733.